The van der Waals surface area contributed by atoms with E-state index in [1.165, 1.54) is 18.2 Å². The van der Waals surface area contributed by atoms with Gasteiger partial charge in [0.05, 0.1) is 4.47 Å². The summed E-state index contributed by atoms with van der Waals surface area (Å²) in [5.41, 5.74) is 0.667. The molecule has 0 unspecified atom stereocenters. The molecule has 0 atom stereocenters. The Hall–Kier alpha value is -2.02. The molecule has 110 valence electrons. The van der Waals surface area contributed by atoms with Gasteiger partial charge >= 0.3 is 0 Å². The number of aromatic nitrogens is 2. The molecule has 0 aliphatic heterocycles. The monoisotopic (exact) mass is 352 g/mol. The molecule has 0 saturated heterocycles. The number of amides is 1. The first-order chi connectivity index (χ1) is 10.1. The van der Waals surface area contributed by atoms with E-state index in [4.69, 9.17) is 0 Å². The molecule has 2 N–H and O–H groups in total. The Morgan fingerprint density at radius 2 is 2.10 bits per heavy atom. The number of anilines is 2. The van der Waals surface area contributed by atoms with E-state index >= 15 is 0 Å². The number of nitrogens with zero attached hydrogens (tertiary/aromatic N) is 2. The van der Waals surface area contributed by atoms with Crippen LogP contribution >= 0.6 is 15.9 Å². The highest BCUT2D eigenvalue weighted by atomic mass is 79.9. The summed E-state index contributed by atoms with van der Waals surface area (Å²) in [5, 5.41) is 13.5. The molecule has 0 aliphatic carbocycles. The van der Waals surface area contributed by atoms with Gasteiger partial charge in [-0.2, -0.15) is 0 Å². The van der Waals surface area contributed by atoms with Crippen molar-refractivity contribution in [1.29, 1.82) is 0 Å². The summed E-state index contributed by atoms with van der Waals surface area (Å²) in [6, 6.07) is 7.50. The van der Waals surface area contributed by atoms with Gasteiger partial charge in [-0.05, 0) is 52.7 Å². The first-order valence-electron chi connectivity index (χ1n) is 6.44. The topological polar surface area (TPSA) is 66.9 Å². The third-order valence-corrected chi connectivity index (χ3v) is 3.24. The van der Waals surface area contributed by atoms with E-state index in [2.05, 4.69) is 36.8 Å². The van der Waals surface area contributed by atoms with Crippen LogP contribution in [-0.2, 0) is 0 Å². The molecule has 0 bridgehead atoms. The lowest BCUT2D eigenvalue weighted by atomic mass is 10.3. The highest BCUT2D eigenvalue weighted by molar-refractivity contribution is 9.10. The fourth-order valence-corrected chi connectivity index (χ4v) is 1.95. The van der Waals surface area contributed by atoms with Crippen molar-refractivity contribution in [3.05, 3.63) is 46.3 Å². The second-order valence-electron chi connectivity index (χ2n) is 4.31. The molecule has 1 aromatic heterocycles. The van der Waals surface area contributed by atoms with Gasteiger partial charge in [-0.3, -0.25) is 4.79 Å². The minimum absolute atomic E-state index is 0.192. The Labute approximate surface area is 130 Å². The number of benzene rings is 1. The third-order valence-electron chi connectivity index (χ3n) is 2.63. The Kier molecular flexibility index (Phi) is 5.21. The molecule has 0 aliphatic rings. The lowest BCUT2D eigenvalue weighted by Crippen LogP contribution is -2.15. The van der Waals surface area contributed by atoms with Crippen molar-refractivity contribution in [3.8, 4) is 0 Å². The van der Waals surface area contributed by atoms with Crippen molar-refractivity contribution in [2.75, 3.05) is 17.2 Å². The van der Waals surface area contributed by atoms with Crippen LogP contribution in [-0.4, -0.2) is 22.6 Å². The molecule has 0 fully saturated rings. The summed E-state index contributed by atoms with van der Waals surface area (Å²) in [5.74, 6) is -0.167. The van der Waals surface area contributed by atoms with E-state index in [1.807, 2.05) is 6.92 Å². The zero-order valence-electron chi connectivity index (χ0n) is 11.4. The van der Waals surface area contributed by atoms with Gasteiger partial charge in [-0.1, -0.05) is 6.92 Å². The number of carbonyl (C=O) groups is 1. The first kappa shape index (κ1) is 15.4. The maximum absolute atomic E-state index is 13.1. The van der Waals surface area contributed by atoms with Gasteiger partial charge in [-0.25, -0.2) is 4.39 Å². The first-order valence-corrected chi connectivity index (χ1v) is 7.23. The highest BCUT2D eigenvalue weighted by Gasteiger charge is 2.09. The van der Waals surface area contributed by atoms with Crippen LogP contribution in [0, 0.1) is 5.82 Å². The van der Waals surface area contributed by atoms with E-state index in [0.717, 1.165) is 13.0 Å². The van der Waals surface area contributed by atoms with E-state index in [9.17, 15) is 9.18 Å². The molecule has 0 spiro atoms. The molecule has 2 rings (SSSR count). The van der Waals surface area contributed by atoms with Crippen molar-refractivity contribution >= 4 is 33.3 Å². The lowest BCUT2D eigenvalue weighted by molar-refractivity contribution is 0.102. The maximum Gasteiger partial charge on any atom is 0.276 e. The summed E-state index contributed by atoms with van der Waals surface area (Å²) in [4.78, 5) is 12.0. The van der Waals surface area contributed by atoms with Gasteiger partial charge < -0.3 is 10.6 Å². The van der Waals surface area contributed by atoms with Gasteiger partial charge in [0.25, 0.3) is 5.91 Å². The van der Waals surface area contributed by atoms with Crippen LogP contribution in [0.4, 0.5) is 15.9 Å². The van der Waals surface area contributed by atoms with Crippen LogP contribution in [0.25, 0.3) is 0 Å². The van der Waals surface area contributed by atoms with Crippen molar-refractivity contribution in [2.24, 2.45) is 0 Å². The van der Waals surface area contributed by atoms with Crippen molar-refractivity contribution in [1.82, 2.24) is 10.2 Å². The molecule has 0 saturated carbocycles. The van der Waals surface area contributed by atoms with Crippen molar-refractivity contribution in [2.45, 2.75) is 13.3 Å². The average molecular weight is 353 g/mol. The highest BCUT2D eigenvalue weighted by Crippen LogP contribution is 2.20. The quantitative estimate of drug-likeness (QED) is 0.864. The molecule has 5 nitrogen and oxygen atoms in total. The summed E-state index contributed by atoms with van der Waals surface area (Å²) in [6.45, 7) is 2.84. The smallest absolute Gasteiger partial charge is 0.276 e. The zero-order valence-corrected chi connectivity index (χ0v) is 12.9. The van der Waals surface area contributed by atoms with Gasteiger partial charge in [0.1, 0.15) is 11.6 Å². The predicted molar refractivity (Wildman–Crippen MR) is 82.9 cm³/mol. The second-order valence-corrected chi connectivity index (χ2v) is 5.17. The van der Waals surface area contributed by atoms with E-state index < -0.39 is 5.91 Å². The summed E-state index contributed by atoms with van der Waals surface area (Å²) >= 11 is 3.06. The Morgan fingerprint density at radius 1 is 1.29 bits per heavy atom. The summed E-state index contributed by atoms with van der Waals surface area (Å²) in [7, 11) is 0. The maximum atomic E-state index is 13.1. The molecule has 2 aromatic rings. The minimum Gasteiger partial charge on any atom is -0.369 e. The Bertz CT molecular complexity index is 633. The number of rotatable bonds is 5. The van der Waals surface area contributed by atoms with E-state index in [-0.39, 0.29) is 16.0 Å². The van der Waals surface area contributed by atoms with Crippen LogP contribution in [0.5, 0.6) is 0 Å². The van der Waals surface area contributed by atoms with Gasteiger partial charge in [-0.15, -0.1) is 10.2 Å². The minimum atomic E-state index is -0.400. The van der Waals surface area contributed by atoms with E-state index in [1.54, 1.807) is 12.1 Å². The molecule has 1 amide bonds. The molecular weight excluding hydrogens is 339 g/mol. The fourth-order valence-electron chi connectivity index (χ4n) is 1.57. The SMILES string of the molecule is CCCNc1ccc(C(=O)Nc2ccc(F)c(Br)c2)nn1. The lowest BCUT2D eigenvalue weighted by Gasteiger charge is -2.06. The molecule has 0 radical (unpaired) electrons. The molecular formula is C14H14BrFN4O. The average Bonchev–Trinajstić information content (AvgIpc) is 2.49. The zero-order chi connectivity index (χ0) is 15.2. The molecule has 21 heavy (non-hydrogen) atoms. The number of hydrogen-bond donors (Lipinski definition) is 2. The fraction of sp³-hybridized carbons (Fsp3) is 0.214. The molecule has 1 aromatic carbocycles. The second kappa shape index (κ2) is 7.12. The largest absolute Gasteiger partial charge is 0.369 e. The van der Waals surface area contributed by atoms with E-state index in [0.29, 0.717) is 11.5 Å². The summed E-state index contributed by atoms with van der Waals surface area (Å²) < 4.78 is 13.4. The normalized spacial score (nSPS) is 10.2. The number of halogens is 2. The van der Waals surface area contributed by atoms with Crippen LogP contribution < -0.4 is 10.6 Å². The summed E-state index contributed by atoms with van der Waals surface area (Å²) in [6.07, 6.45) is 0.976. The van der Waals surface area contributed by atoms with Gasteiger partial charge in [0, 0.05) is 12.2 Å². The standard InChI is InChI=1S/C14H14BrFN4O/c1-2-7-17-13-6-5-12(19-20-13)14(21)18-9-3-4-11(16)10(15)8-9/h3-6,8H,2,7H2,1H3,(H,17,20)(H,18,21). The van der Waals surface area contributed by atoms with Crippen LogP contribution in [0.1, 0.15) is 23.8 Å². The van der Waals surface area contributed by atoms with Crippen LogP contribution in [0.2, 0.25) is 0 Å². The van der Waals surface area contributed by atoms with Gasteiger partial charge in [0.15, 0.2) is 5.69 Å². The van der Waals surface area contributed by atoms with Crippen LogP contribution in [0.3, 0.4) is 0 Å². The Balaban J connectivity index is 2.04. The van der Waals surface area contributed by atoms with Crippen molar-refractivity contribution < 1.29 is 9.18 Å². The number of nitrogens with one attached hydrogen (secondary N) is 2. The van der Waals surface area contributed by atoms with Crippen LogP contribution in [0.15, 0.2) is 34.8 Å². The van der Waals surface area contributed by atoms with Crippen molar-refractivity contribution in [3.63, 3.8) is 0 Å². The number of hydrogen-bond acceptors (Lipinski definition) is 4. The molecule has 1 heterocycles. The van der Waals surface area contributed by atoms with Gasteiger partial charge in [0.2, 0.25) is 0 Å². The third kappa shape index (κ3) is 4.22. The Morgan fingerprint density at radius 3 is 2.71 bits per heavy atom. The number of carbonyl (C=O) groups excluding carboxylic acids is 1. The predicted octanol–water partition coefficient (Wildman–Crippen LogP) is 3.45. The molecule has 7 heteroatoms.